The van der Waals surface area contributed by atoms with Crippen LogP contribution in [-0.4, -0.2) is 28.9 Å². The Balaban J connectivity index is 1.49. The number of amides is 1. The number of aliphatic hydroxyl groups excluding tert-OH is 1. The number of methoxy groups -OCH3 is 1. The van der Waals surface area contributed by atoms with Crippen LogP contribution in [0.15, 0.2) is 75.7 Å². The van der Waals surface area contributed by atoms with Gasteiger partial charge < -0.3 is 14.3 Å². The summed E-state index contributed by atoms with van der Waals surface area (Å²) in [5.74, 6) is -1.44. The summed E-state index contributed by atoms with van der Waals surface area (Å²) in [6, 6.07) is 14.9. The zero-order valence-electron chi connectivity index (χ0n) is 18.0. The van der Waals surface area contributed by atoms with Crippen LogP contribution in [0.2, 0.25) is 5.02 Å². The summed E-state index contributed by atoms with van der Waals surface area (Å²) >= 11 is 8.76. The van der Waals surface area contributed by atoms with Gasteiger partial charge in [-0.3, -0.25) is 14.5 Å². The van der Waals surface area contributed by atoms with Crippen LogP contribution in [0, 0.1) is 0 Å². The van der Waals surface area contributed by atoms with Crippen LogP contribution in [0.4, 0.5) is 5.13 Å². The lowest BCUT2D eigenvalue weighted by Gasteiger charge is -2.22. The quantitative estimate of drug-likeness (QED) is 0.263. The normalized spacial score (nSPS) is 16.1. The molecule has 0 saturated carbocycles. The molecule has 3 aromatic heterocycles. The topological polar surface area (TPSA) is 92.9 Å². The Labute approximate surface area is 211 Å². The number of Topliss-reactive ketones (excluding diaryl/α,β-unsaturated/α-hetero) is 1. The third kappa shape index (κ3) is 3.43. The van der Waals surface area contributed by atoms with Crippen molar-refractivity contribution in [1.29, 1.82) is 0 Å². The summed E-state index contributed by atoms with van der Waals surface area (Å²) in [5, 5.41) is 14.4. The molecular weight excluding hydrogens is 508 g/mol. The molecule has 6 rings (SSSR count). The number of nitrogens with zero attached hydrogens (tertiary/aromatic N) is 2. The van der Waals surface area contributed by atoms with Gasteiger partial charge in [-0.1, -0.05) is 41.1 Å². The van der Waals surface area contributed by atoms with Gasteiger partial charge in [0, 0.05) is 15.3 Å². The van der Waals surface area contributed by atoms with Gasteiger partial charge in [0.15, 0.2) is 28.0 Å². The Bertz CT molecular complexity index is 1670. The predicted molar refractivity (Wildman–Crippen MR) is 136 cm³/mol. The minimum absolute atomic E-state index is 0.00154. The van der Waals surface area contributed by atoms with Crippen molar-refractivity contribution in [2.75, 3.05) is 12.0 Å². The van der Waals surface area contributed by atoms with Gasteiger partial charge in [0.25, 0.3) is 5.91 Å². The lowest BCUT2D eigenvalue weighted by Crippen LogP contribution is -2.30. The smallest absolute Gasteiger partial charge is 0.296 e. The maximum absolute atomic E-state index is 13.7. The van der Waals surface area contributed by atoms with Crippen molar-refractivity contribution in [3.63, 3.8) is 0 Å². The number of carbonyl (C=O) groups is 2. The molecule has 7 nitrogen and oxygen atoms in total. The number of carbonyl (C=O) groups excluding carboxylic acids is 2. The molecule has 0 radical (unpaired) electrons. The highest BCUT2D eigenvalue weighted by atomic mass is 35.5. The second-order valence-electron chi connectivity index (χ2n) is 7.78. The Morgan fingerprint density at radius 3 is 2.83 bits per heavy atom. The number of anilines is 1. The zero-order valence-corrected chi connectivity index (χ0v) is 20.4. The summed E-state index contributed by atoms with van der Waals surface area (Å²) in [6.07, 6.45) is 0. The molecule has 0 fully saturated rings. The van der Waals surface area contributed by atoms with E-state index in [0.29, 0.717) is 37.3 Å². The molecule has 0 spiro atoms. The molecule has 1 amide bonds. The molecule has 35 heavy (non-hydrogen) atoms. The van der Waals surface area contributed by atoms with Gasteiger partial charge >= 0.3 is 0 Å². The lowest BCUT2D eigenvalue weighted by molar-refractivity contribution is -0.117. The van der Waals surface area contributed by atoms with E-state index in [1.54, 1.807) is 42.5 Å². The molecular formula is C25H15ClN2O5S2. The molecule has 10 heteroatoms. The van der Waals surface area contributed by atoms with E-state index in [0.717, 1.165) is 4.70 Å². The number of rotatable bonds is 5. The number of thiazole rings is 1. The monoisotopic (exact) mass is 522 g/mol. The number of fused-ring (bicyclic) bond motifs is 2. The first-order chi connectivity index (χ1) is 17.0. The van der Waals surface area contributed by atoms with Gasteiger partial charge in [0.05, 0.1) is 22.9 Å². The maximum atomic E-state index is 13.7. The van der Waals surface area contributed by atoms with E-state index in [-0.39, 0.29) is 11.3 Å². The summed E-state index contributed by atoms with van der Waals surface area (Å²) in [7, 11) is 1.51. The van der Waals surface area contributed by atoms with Gasteiger partial charge in [-0.05, 0) is 41.8 Å². The standard InChI is InChI=1S/C25H15ClN2O5S2/c1-32-15-5-2-4-12-10-16(33-23(12)15)21(29)19-20(17-6-3-9-34-17)28(24(31)22(19)30)25-27-14-8-7-13(26)11-18(14)35-25/h2-11,20,30H,1H3. The van der Waals surface area contributed by atoms with Crippen LogP contribution in [-0.2, 0) is 4.79 Å². The van der Waals surface area contributed by atoms with Crippen molar-refractivity contribution in [3.05, 3.63) is 87.0 Å². The number of aliphatic hydroxyl groups is 1. The van der Waals surface area contributed by atoms with Crippen molar-refractivity contribution < 1.29 is 23.8 Å². The van der Waals surface area contributed by atoms with E-state index in [9.17, 15) is 14.7 Å². The molecule has 1 N–H and O–H groups in total. The minimum Gasteiger partial charge on any atom is -0.503 e. The van der Waals surface area contributed by atoms with Crippen LogP contribution >= 0.6 is 34.3 Å². The molecule has 0 bridgehead atoms. The molecule has 0 aliphatic carbocycles. The average Bonchev–Trinajstić information content (AvgIpc) is 3.64. The summed E-state index contributed by atoms with van der Waals surface area (Å²) < 4.78 is 12.0. The molecule has 174 valence electrons. The Hall–Kier alpha value is -3.66. The van der Waals surface area contributed by atoms with E-state index in [1.165, 1.54) is 34.7 Å². The number of ether oxygens (including phenoxy) is 1. The lowest BCUT2D eigenvalue weighted by atomic mass is 10.0. The number of hydrogen-bond donors (Lipinski definition) is 1. The van der Waals surface area contributed by atoms with Gasteiger partial charge in [0.1, 0.15) is 6.04 Å². The molecule has 1 aliphatic rings. The average molecular weight is 523 g/mol. The number of ketones is 1. The number of halogens is 1. The van der Waals surface area contributed by atoms with E-state index in [2.05, 4.69) is 4.98 Å². The van der Waals surface area contributed by atoms with E-state index in [1.807, 2.05) is 17.5 Å². The highest BCUT2D eigenvalue weighted by molar-refractivity contribution is 7.22. The fourth-order valence-corrected chi connectivity index (χ4v) is 6.27. The first-order valence-electron chi connectivity index (χ1n) is 10.4. The van der Waals surface area contributed by atoms with Crippen LogP contribution in [0.25, 0.3) is 21.2 Å². The Morgan fingerprint density at radius 2 is 2.06 bits per heavy atom. The molecule has 1 atom stereocenters. The number of benzene rings is 2. The first-order valence-corrected chi connectivity index (χ1v) is 12.5. The summed E-state index contributed by atoms with van der Waals surface area (Å²) in [4.78, 5) is 33.7. The number of thiophene rings is 1. The minimum atomic E-state index is -0.860. The van der Waals surface area contributed by atoms with Crippen molar-refractivity contribution in [3.8, 4) is 5.75 Å². The molecule has 1 aliphatic heterocycles. The van der Waals surface area contributed by atoms with Crippen LogP contribution in [0.3, 0.4) is 0 Å². The van der Waals surface area contributed by atoms with Crippen LogP contribution in [0.5, 0.6) is 5.75 Å². The van der Waals surface area contributed by atoms with Crippen molar-refractivity contribution >= 4 is 72.3 Å². The zero-order chi connectivity index (χ0) is 24.3. The van der Waals surface area contributed by atoms with Gasteiger partial charge in [-0.25, -0.2) is 4.98 Å². The van der Waals surface area contributed by atoms with E-state index >= 15 is 0 Å². The first kappa shape index (κ1) is 21.8. The SMILES string of the molecule is COc1cccc2cc(C(=O)C3=C(O)C(=O)N(c4nc5ccc(Cl)cc5s4)C3c3cccs3)oc12. The largest absolute Gasteiger partial charge is 0.503 e. The Morgan fingerprint density at radius 1 is 1.20 bits per heavy atom. The third-order valence-corrected chi connectivity index (χ3v) is 7.94. The van der Waals surface area contributed by atoms with Crippen molar-refractivity contribution in [1.82, 2.24) is 4.98 Å². The van der Waals surface area contributed by atoms with Crippen LogP contribution < -0.4 is 9.64 Å². The number of aromatic nitrogens is 1. The van der Waals surface area contributed by atoms with Gasteiger partial charge in [-0.15, -0.1) is 11.3 Å². The van der Waals surface area contributed by atoms with Crippen molar-refractivity contribution in [2.24, 2.45) is 0 Å². The fraction of sp³-hybridized carbons (Fsp3) is 0.0800. The maximum Gasteiger partial charge on any atom is 0.296 e. The van der Waals surface area contributed by atoms with E-state index in [4.69, 9.17) is 20.8 Å². The second-order valence-corrected chi connectivity index (χ2v) is 10.2. The van der Waals surface area contributed by atoms with E-state index < -0.39 is 23.5 Å². The fourth-order valence-electron chi connectivity index (χ4n) is 4.18. The van der Waals surface area contributed by atoms with Gasteiger partial charge in [0.2, 0.25) is 5.78 Å². The van der Waals surface area contributed by atoms with Crippen molar-refractivity contribution in [2.45, 2.75) is 6.04 Å². The second kappa shape index (κ2) is 8.23. The molecule has 4 heterocycles. The molecule has 2 aromatic carbocycles. The third-order valence-electron chi connectivity index (χ3n) is 5.76. The summed E-state index contributed by atoms with van der Waals surface area (Å²) in [6.45, 7) is 0. The predicted octanol–water partition coefficient (Wildman–Crippen LogP) is 6.55. The highest BCUT2D eigenvalue weighted by Crippen LogP contribution is 2.46. The van der Waals surface area contributed by atoms with Gasteiger partial charge in [-0.2, -0.15) is 0 Å². The summed E-state index contributed by atoms with van der Waals surface area (Å²) in [5.41, 5.74) is 1.01. The highest BCUT2D eigenvalue weighted by Gasteiger charge is 2.47. The van der Waals surface area contributed by atoms with Crippen LogP contribution in [0.1, 0.15) is 21.5 Å². The number of furan rings is 1. The molecule has 5 aromatic rings. The number of para-hydroxylation sites is 1. The Kier molecular flexibility index (Phi) is 5.14. The number of hydrogen-bond acceptors (Lipinski definition) is 8. The molecule has 0 saturated heterocycles. The molecule has 1 unspecified atom stereocenters.